The van der Waals surface area contributed by atoms with Gasteiger partial charge in [-0.2, -0.15) is 0 Å². The first-order valence-electron chi connectivity index (χ1n) is 7.34. The zero-order chi connectivity index (χ0) is 18.2. The van der Waals surface area contributed by atoms with Crippen molar-refractivity contribution in [1.29, 1.82) is 0 Å². The summed E-state index contributed by atoms with van der Waals surface area (Å²) in [4.78, 5) is 23.7. The second kappa shape index (κ2) is 9.51. The van der Waals surface area contributed by atoms with Crippen LogP contribution >= 0.6 is 34.8 Å². The van der Waals surface area contributed by atoms with E-state index in [1.807, 2.05) is 0 Å². The van der Waals surface area contributed by atoms with E-state index in [0.717, 1.165) is 0 Å². The summed E-state index contributed by atoms with van der Waals surface area (Å²) in [7, 11) is 0. The molecule has 8 heteroatoms. The Hall–Kier alpha value is -1.95. The maximum absolute atomic E-state index is 11.9. The van der Waals surface area contributed by atoms with E-state index >= 15 is 0 Å². The molecule has 25 heavy (non-hydrogen) atoms. The number of ether oxygens (including phenoxy) is 1. The molecule has 0 bridgehead atoms. The van der Waals surface area contributed by atoms with Crippen molar-refractivity contribution in [3.63, 3.8) is 0 Å². The quantitative estimate of drug-likeness (QED) is 0.697. The van der Waals surface area contributed by atoms with Crippen molar-refractivity contribution in [2.75, 3.05) is 19.7 Å². The lowest BCUT2D eigenvalue weighted by molar-refractivity contribution is -0.123. The molecule has 0 atom stereocenters. The van der Waals surface area contributed by atoms with Crippen LogP contribution in [-0.2, 0) is 4.79 Å². The molecular weight excluding hydrogens is 387 g/mol. The van der Waals surface area contributed by atoms with Crippen LogP contribution in [0.1, 0.15) is 10.4 Å². The standard InChI is InChI=1S/C17H15Cl3N2O3/c18-11-5-6-15(14(20)9-11)25-10-16(23)21-7-8-22-17(24)12-3-1-2-4-13(12)19/h1-6,9H,7-8,10H2,(H,21,23)(H,22,24). The highest BCUT2D eigenvalue weighted by molar-refractivity contribution is 6.35. The lowest BCUT2D eigenvalue weighted by Gasteiger charge is -2.10. The highest BCUT2D eigenvalue weighted by atomic mass is 35.5. The van der Waals surface area contributed by atoms with Crippen molar-refractivity contribution in [2.24, 2.45) is 0 Å². The van der Waals surface area contributed by atoms with Gasteiger partial charge in [0.2, 0.25) is 0 Å². The number of rotatable bonds is 7. The summed E-state index contributed by atoms with van der Waals surface area (Å²) in [5.74, 6) is -0.268. The predicted octanol–water partition coefficient (Wildman–Crippen LogP) is 3.57. The molecule has 0 spiro atoms. The van der Waals surface area contributed by atoms with Crippen molar-refractivity contribution in [2.45, 2.75) is 0 Å². The van der Waals surface area contributed by atoms with Crippen molar-refractivity contribution in [1.82, 2.24) is 10.6 Å². The molecule has 5 nitrogen and oxygen atoms in total. The van der Waals surface area contributed by atoms with Gasteiger partial charge in [0.25, 0.3) is 11.8 Å². The third-order valence-electron chi connectivity index (χ3n) is 3.10. The number of nitrogens with one attached hydrogen (secondary N) is 2. The Bertz CT molecular complexity index is 769. The molecule has 0 aromatic heterocycles. The van der Waals surface area contributed by atoms with Gasteiger partial charge in [-0.25, -0.2) is 0 Å². The second-order valence-electron chi connectivity index (χ2n) is 4.95. The molecule has 0 radical (unpaired) electrons. The molecule has 0 saturated carbocycles. The van der Waals surface area contributed by atoms with Gasteiger partial charge < -0.3 is 15.4 Å². The molecular formula is C17H15Cl3N2O3. The fourth-order valence-corrected chi connectivity index (χ4v) is 2.59. The molecule has 0 heterocycles. The Morgan fingerprint density at radius 3 is 2.36 bits per heavy atom. The van der Waals surface area contributed by atoms with E-state index in [9.17, 15) is 9.59 Å². The van der Waals surface area contributed by atoms with Gasteiger partial charge in [0.15, 0.2) is 6.61 Å². The normalized spacial score (nSPS) is 10.2. The smallest absolute Gasteiger partial charge is 0.258 e. The highest BCUT2D eigenvalue weighted by Crippen LogP contribution is 2.27. The second-order valence-corrected chi connectivity index (χ2v) is 6.20. The van der Waals surface area contributed by atoms with Gasteiger partial charge in [-0.3, -0.25) is 9.59 Å². The first-order valence-corrected chi connectivity index (χ1v) is 8.48. The van der Waals surface area contributed by atoms with E-state index in [-0.39, 0.29) is 31.5 Å². The van der Waals surface area contributed by atoms with E-state index in [1.165, 1.54) is 6.07 Å². The van der Waals surface area contributed by atoms with Crippen molar-refractivity contribution >= 4 is 46.6 Å². The molecule has 2 aromatic rings. The van der Waals surface area contributed by atoms with Crippen LogP contribution in [0.2, 0.25) is 15.1 Å². The van der Waals surface area contributed by atoms with E-state index in [4.69, 9.17) is 39.5 Å². The molecule has 0 aliphatic rings. The molecule has 2 rings (SSSR count). The monoisotopic (exact) mass is 400 g/mol. The number of carbonyl (C=O) groups is 2. The number of carbonyl (C=O) groups excluding carboxylic acids is 2. The lowest BCUT2D eigenvalue weighted by atomic mass is 10.2. The van der Waals surface area contributed by atoms with Gasteiger partial charge in [-0.15, -0.1) is 0 Å². The first kappa shape index (κ1) is 19.4. The van der Waals surface area contributed by atoms with Crippen molar-refractivity contribution < 1.29 is 14.3 Å². The summed E-state index contributed by atoms with van der Waals surface area (Å²) in [5.41, 5.74) is 0.385. The Balaban J connectivity index is 1.68. The average Bonchev–Trinajstić information content (AvgIpc) is 2.58. The largest absolute Gasteiger partial charge is 0.482 e. The van der Waals surface area contributed by atoms with Gasteiger partial charge in [0.05, 0.1) is 15.6 Å². The molecule has 0 saturated heterocycles. The Morgan fingerprint density at radius 2 is 1.64 bits per heavy atom. The van der Waals surface area contributed by atoms with Gasteiger partial charge in [-0.1, -0.05) is 46.9 Å². The van der Waals surface area contributed by atoms with Gasteiger partial charge >= 0.3 is 0 Å². The average molecular weight is 402 g/mol. The topological polar surface area (TPSA) is 67.4 Å². The zero-order valence-corrected chi connectivity index (χ0v) is 15.3. The molecule has 2 aromatic carbocycles. The fourth-order valence-electron chi connectivity index (χ4n) is 1.91. The van der Waals surface area contributed by atoms with E-state index < -0.39 is 0 Å². The molecule has 0 aliphatic heterocycles. The van der Waals surface area contributed by atoms with E-state index in [2.05, 4.69) is 10.6 Å². The zero-order valence-electron chi connectivity index (χ0n) is 13.0. The number of hydrogen-bond acceptors (Lipinski definition) is 3. The summed E-state index contributed by atoms with van der Waals surface area (Å²) in [6, 6.07) is 11.5. The Morgan fingerprint density at radius 1 is 0.920 bits per heavy atom. The third kappa shape index (κ3) is 6.12. The van der Waals surface area contributed by atoms with E-state index in [0.29, 0.717) is 26.4 Å². The minimum Gasteiger partial charge on any atom is -0.482 e. The number of benzene rings is 2. The molecule has 2 N–H and O–H groups in total. The van der Waals surface area contributed by atoms with Gasteiger partial charge in [0, 0.05) is 18.1 Å². The van der Waals surface area contributed by atoms with Crippen LogP contribution in [0.4, 0.5) is 0 Å². The summed E-state index contributed by atoms with van der Waals surface area (Å²) >= 11 is 17.7. The number of hydrogen-bond donors (Lipinski definition) is 2. The summed E-state index contributed by atoms with van der Waals surface area (Å²) in [6.45, 7) is 0.323. The molecule has 0 unspecified atom stereocenters. The third-order valence-corrected chi connectivity index (χ3v) is 3.96. The van der Waals surface area contributed by atoms with Gasteiger partial charge in [-0.05, 0) is 30.3 Å². The van der Waals surface area contributed by atoms with Crippen LogP contribution in [-0.4, -0.2) is 31.5 Å². The maximum Gasteiger partial charge on any atom is 0.258 e. The predicted molar refractivity (Wildman–Crippen MR) is 98.8 cm³/mol. The van der Waals surface area contributed by atoms with Crippen LogP contribution in [0.15, 0.2) is 42.5 Å². The molecule has 0 aliphatic carbocycles. The number of halogens is 3. The molecule has 0 fully saturated rings. The molecule has 132 valence electrons. The fraction of sp³-hybridized carbons (Fsp3) is 0.176. The van der Waals surface area contributed by atoms with E-state index in [1.54, 1.807) is 36.4 Å². The number of amides is 2. The SMILES string of the molecule is O=C(COc1ccc(Cl)cc1Cl)NCCNC(=O)c1ccccc1Cl. The maximum atomic E-state index is 11.9. The summed E-state index contributed by atoms with van der Waals surface area (Å²) in [6.07, 6.45) is 0. The summed E-state index contributed by atoms with van der Waals surface area (Å²) < 4.78 is 5.31. The minimum absolute atomic E-state index is 0.195. The lowest BCUT2D eigenvalue weighted by Crippen LogP contribution is -2.36. The van der Waals surface area contributed by atoms with Crippen LogP contribution < -0.4 is 15.4 Å². The Labute approximate surface area is 160 Å². The first-order chi connectivity index (χ1) is 12.0. The van der Waals surface area contributed by atoms with Gasteiger partial charge in [0.1, 0.15) is 5.75 Å². The summed E-state index contributed by atoms with van der Waals surface area (Å²) in [5, 5.41) is 6.48. The van der Waals surface area contributed by atoms with Crippen LogP contribution in [0, 0.1) is 0 Å². The van der Waals surface area contributed by atoms with Crippen LogP contribution in [0.5, 0.6) is 5.75 Å². The molecule has 2 amide bonds. The van der Waals surface area contributed by atoms with Crippen molar-refractivity contribution in [3.05, 3.63) is 63.1 Å². The van der Waals surface area contributed by atoms with Crippen molar-refractivity contribution in [3.8, 4) is 5.75 Å². The Kier molecular flexibility index (Phi) is 7.37. The minimum atomic E-state index is -0.335. The van der Waals surface area contributed by atoms with Crippen LogP contribution in [0.3, 0.4) is 0 Å². The van der Waals surface area contributed by atoms with Crippen LogP contribution in [0.25, 0.3) is 0 Å². The highest BCUT2D eigenvalue weighted by Gasteiger charge is 2.09.